The van der Waals surface area contributed by atoms with Gasteiger partial charge in [0.05, 0.1) is 6.61 Å². The number of halogens is 4. The van der Waals surface area contributed by atoms with Crippen LogP contribution in [0.5, 0.6) is 0 Å². The predicted octanol–water partition coefficient (Wildman–Crippen LogP) is 2.72. The van der Waals surface area contributed by atoms with Crippen LogP contribution >= 0.6 is 46.4 Å². The molecular formula is C4H6Cl4O. The first-order chi connectivity index (χ1) is 3.91. The Balaban J connectivity index is 0. The van der Waals surface area contributed by atoms with E-state index in [4.69, 9.17) is 51.5 Å². The molecule has 0 radical (unpaired) electrons. The predicted molar refractivity (Wildman–Crippen MR) is 43.4 cm³/mol. The molecule has 0 fully saturated rings. The number of hydrogen-bond acceptors (Lipinski definition) is 1. The van der Waals surface area contributed by atoms with E-state index in [1.165, 1.54) is 6.08 Å². The van der Waals surface area contributed by atoms with Crippen LogP contribution in [0.15, 0.2) is 12.7 Å². The van der Waals surface area contributed by atoms with Crippen LogP contribution in [-0.2, 0) is 0 Å². The maximum atomic E-state index is 7.76. The van der Waals surface area contributed by atoms with Gasteiger partial charge in [-0.05, 0) is 0 Å². The molecule has 5 heteroatoms. The van der Waals surface area contributed by atoms with Gasteiger partial charge >= 0.3 is 0 Å². The molecule has 0 aliphatic heterocycles. The van der Waals surface area contributed by atoms with Gasteiger partial charge in [0.15, 0.2) is 0 Å². The topological polar surface area (TPSA) is 20.2 Å². The lowest BCUT2D eigenvalue weighted by Gasteiger charge is -1.91. The lowest BCUT2D eigenvalue weighted by atomic mass is 10.7. The van der Waals surface area contributed by atoms with E-state index in [0.29, 0.717) is 0 Å². The summed E-state index contributed by atoms with van der Waals surface area (Å²) in [7, 11) is 0. The molecule has 56 valence electrons. The lowest BCUT2D eigenvalue weighted by molar-refractivity contribution is 0.343. The van der Waals surface area contributed by atoms with Gasteiger partial charge in [-0.15, -0.1) is 6.58 Å². The van der Waals surface area contributed by atoms with E-state index in [0.717, 1.165) is 0 Å². The molecule has 0 saturated heterocycles. The minimum atomic E-state index is -1.61. The second-order valence-electron chi connectivity index (χ2n) is 0.900. The summed E-state index contributed by atoms with van der Waals surface area (Å²) in [5, 5.41) is 7.76. The van der Waals surface area contributed by atoms with Gasteiger partial charge < -0.3 is 5.11 Å². The van der Waals surface area contributed by atoms with E-state index in [1.807, 2.05) is 0 Å². The van der Waals surface area contributed by atoms with Crippen molar-refractivity contribution >= 4 is 46.4 Å². The van der Waals surface area contributed by atoms with Crippen LogP contribution in [0, 0.1) is 0 Å². The Kier molecular flexibility index (Phi) is 9.71. The first kappa shape index (κ1) is 12.5. The molecule has 1 N–H and O–H groups in total. The van der Waals surface area contributed by atoms with Crippen LogP contribution < -0.4 is 0 Å². The molecule has 0 atom stereocenters. The molecule has 0 bridgehead atoms. The number of hydrogen-bond donors (Lipinski definition) is 1. The van der Waals surface area contributed by atoms with E-state index < -0.39 is 3.25 Å². The summed E-state index contributed by atoms with van der Waals surface area (Å²) in [6, 6.07) is 0. The van der Waals surface area contributed by atoms with Crippen LogP contribution in [0.25, 0.3) is 0 Å². The zero-order chi connectivity index (χ0) is 7.91. The highest BCUT2D eigenvalue weighted by Crippen LogP contribution is 2.29. The quantitative estimate of drug-likeness (QED) is 0.523. The third-order valence-corrected chi connectivity index (χ3v) is 0.129. The van der Waals surface area contributed by atoms with Crippen LogP contribution in [0.1, 0.15) is 0 Å². The van der Waals surface area contributed by atoms with Crippen molar-refractivity contribution in [2.45, 2.75) is 3.25 Å². The van der Waals surface area contributed by atoms with Crippen molar-refractivity contribution in [3.8, 4) is 0 Å². The molecule has 1 nitrogen and oxygen atoms in total. The standard InChI is InChI=1S/C3H6O.CCl4/c1-2-3-4;2-1(3,4)5/h2,4H,1,3H2;. The highest BCUT2D eigenvalue weighted by atomic mass is 35.6. The molecule has 0 unspecified atom stereocenters. The number of rotatable bonds is 1. The first-order valence-electron chi connectivity index (χ1n) is 1.89. The van der Waals surface area contributed by atoms with Crippen LogP contribution in [0.3, 0.4) is 0 Å². The van der Waals surface area contributed by atoms with Crippen LogP contribution in [0.2, 0.25) is 0 Å². The largest absolute Gasteiger partial charge is 0.392 e. The minimum Gasteiger partial charge on any atom is -0.392 e. The maximum absolute atomic E-state index is 7.76. The molecule has 0 aromatic heterocycles. The second-order valence-corrected chi connectivity index (χ2v) is 4.33. The van der Waals surface area contributed by atoms with Gasteiger partial charge in [0.25, 0.3) is 3.25 Å². The Labute approximate surface area is 74.2 Å². The molecule has 0 aliphatic carbocycles. The Hall–Kier alpha value is 0.860. The molecule has 0 rings (SSSR count). The highest BCUT2D eigenvalue weighted by Gasteiger charge is 2.11. The molecule has 0 aromatic rings. The van der Waals surface area contributed by atoms with Crippen molar-refractivity contribution in [1.29, 1.82) is 0 Å². The van der Waals surface area contributed by atoms with Crippen LogP contribution in [0.4, 0.5) is 0 Å². The molecule has 0 heterocycles. The number of aliphatic hydroxyl groups excluding tert-OH is 1. The summed E-state index contributed by atoms with van der Waals surface area (Å²) in [5.74, 6) is 0. The van der Waals surface area contributed by atoms with Gasteiger partial charge in [-0.2, -0.15) is 0 Å². The summed E-state index contributed by atoms with van der Waals surface area (Å²) >= 11 is 19.3. The van der Waals surface area contributed by atoms with Crippen LogP contribution in [-0.4, -0.2) is 15.0 Å². The molecule has 0 amide bonds. The Morgan fingerprint density at radius 3 is 1.44 bits per heavy atom. The summed E-state index contributed by atoms with van der Waals surface area (Å²) in [5.41, 5.74) is 0. The summed E-state index contributed by atoms with van der Waals surface area (Å²) in [4.78, 5) is 0. The van der Waals surface area contributed by atoms with Gasteiger partial charge in [-0.25, -0.2) is 0 Å². The van der Waals surface area contributed by atoms with Crippen molar-refractivity contribution in [2.75, 3.05) is 6.61 Å². The monoisotopic (exact) mass is 210 g/mol. The van der Waals surface area contributed by atoms with Gasteiger partial charge in [0, 0.05) is 0 Å². The van der Waals surface area contributed by atoms with E-state index >= 15 is 0 Å². The fourth-order valence-electron chi connectivity index (χ4n) is 0. The Morgan fingerprint density at radius 1 is 1.33 bits per heavy atom. The van der Waals surface area contributed by atoms with Gasteiger partial charge in [0.1, 0.15) is 0 Å². The van der Waals surface area contributed by atoms with E-state index in [-0.39, 0.29) is 6.61 Å². The second kappa shape index (κ2) is 6.97. The molecule has 0 aromatic carbocycles. The molecule has 9 heavy (non-hydrogen) atoms. The summed E-state index contributed by atoms with van der Waals surface area (Å²) in [6.45, 7) is 3.31. The molecular weight excluding hydrogens is 206 g/mol. The highest BCUT2D eigenvalue weighted by molar-refractivity contribution is 6.83. The summed E-state index contributed by atoms with van der Waals surface area (Å²) < 4.78 is -1.61. The SMILES string of the molecule is C=CCO.ClC(Cl)(Cl)Cl. The maximum Gasteiger partial charge on any atom is 0.266 e. The average molecular weight is 212 g/mol. The molecule has 0 spiro atoms. The fourth-order valence-corrected chi connectivity index (χ4v) is 0. The number of alkyl halides is 4. The van der Waals surface area contributed by atoms with Crippen molar-refractivity contribution in [1.82, 2.24) is 0 Å². The lowest BCUT2D eigenvalue weighted by Crippen LogP contribution is -1.81. The Morgan fingerprint density at radius 2 is 1.44 bits per heavy atom. The molecule has 0 aliphatic rings. The third kappa shape index (κ3) is 121. The van der Waals surface area contributed by atoms with E-state index in [9.17, 15) is 0 Å². The zero-order valence-electron chi connectivity index (χ0n) is 4.45. The van der Waals surface area contributed by atoms with Gasteiger partial charge in [-0.1, -0.05) is 52.5 Å². The van der Waals surface area contributed by atoms with Crippen molar-refractivity contribution < 1.29 is 5.11 Å². The summed E-state index contributed by atoms with van der Waals surface area (Å²) in [6.07, 6.45) is 1.43. The first-order valence-corrected chi connectivity index (χ1v) is 3.40. The van der Waals surface area contributed by atoms with Crippen molar-refractivity contribution in [3.63, 3.8) is 0 Å². The van der Waals surface area contributed by atoms with E-state index in [2.05, 4.69) is 6.58 Å². The minimum absolute atomic E-state index is 0.0833. The Bertz CT molecular complexity index is 61.5. The molecule has 0 saturated carbocycles. The normalized spacial score (nSPS) is 9.44. The van der Waals surface area contributed by atoms with Crippen molar-refractivity contribution in [3.05, 3.63) is 12.7 Å². The third-order valence-electron chi connectivity index (χ3n) is 0.129. The average Bonchev–Trinajstić information content (AvgIpc) is 1.61. The smallest absolute Gasteiger partial charge is 0.266 e. The number of aliphatic hydroxyl groups is 1. The fraction of sp³-hybridized carbons (Fsp3) is 0.500. The van der Waals surface area contributed by atoms with E-state index in [1.54, 1.807) is 0 Å². The van der Waals surface area contributed by atoms with Gasteiger partial charge in [0.2, 0.25) is 0 Å². The zero-order valence-corrected chi connectivity index (χ0v) is 7.47. The van der Waals surface area contributed by atoms with Gasteiger partial charge in [-0.3, -0.25) is 0 Å². The van der Waals surface area contributed by atoms with Crippen molar-refractivity contribution in [2.24, 2.45) is 0 Å².